The van der Waals surface area contributed by atoms with E-state index in [1.807, 2.05) is 18.2 Å². The molecule has 0 aliphatic heterocycles. The summed E-state index contributed by atoms with van der Waals surface area (Å²) in [6.07, 6.45) is 1.14. The average molecular weight is 254 g/mol. The molecule has 3 nitrogen and oxygen atoms in total. The van der Waals surface area contributed by atoms with Gasteiger partial charge in [-0.1, -0.05) is 13.8 Å². The van der Waals surface area contributed by atoms with E-state index in [2.05, 4.69) is 19.2 Å². The lowest BCUT2D eigenvalue weighted by atomic mass is 10.3. The highest BCUT2D eigenvalue weighted by atomic mass is 32.2. The van der Waals surface area contributed by atoms with Gasteiger partial charge < -0.3 is 15.8 Å². The Balaban J connectivity index is 2.35. The highest BCUT2D eigenvalue weighted by molar-refractivity contribution is 7.99. The van der Waals surface area contributed by atoms with Crippen molar-refractivity contribution in [2.45, 2.75) is 31.2 Å². The summed E-state index contributed by atoms with van der Waals surface area (Å²) in [6.45, 7) is 5.37. The number of thioether (sulfide) groups is 1. The molecule has 0 atom stereocenters. The van der Waals surface area contributed by atoms with Gasteiger partial charge in [0.15, 0.2) is 0 Å². The zero-order valence-corrected chi connectivity index (χ0v) is 11.6. The van der Waals surface area contributed by atoms with Gasteiger partial charge in [-0.3, -0.25) is 0 Å². The van der Waals surface area contributed by atoms with Crippen LogP contribution in [0.25, 0.3) is 0 Å². The summed E-state index contributed by atoms with van der Waals surface area (Å²) >= 11 is 1.78. The number of benzene rings is 1. The molecule has 0 radical (unpaired) electrons. The maximum Gasteiger partial charge on any atom is 0.120 e. The van der Waals surface area contributed by atoms with E-state index in [9.17, 15) is 0 Å². The second-order valence-electron chi connectivity index (χ2n) is 4.21. The lowest BCUT2D eigenvalue weighted by Gasteiger charge is -2.09. The van der Waals surface area contributed by atoms with Gasteiger partial charge in [-0.05, 0) is 36.9 Å². The van der Waals surface area contributed by atoms with E-state index in [-0.39, 0.29) is 0 Å². The number of nitrogens with one attached hydrogen (secondary N) is 1. The summed E-state index contributed by atoms with van der Waals surface area (Å²) < 4.78 is 5.19. The van der Waals surface area contributed by atoms with E-state index < -0.39 is 0 Å². The van der Waals surface area contributed by atoms with Crippen LogP contribution in [0.4, 0.5) is 5.69 Å². The molecule has 0 spiro atoms. The van der Waals surface area contributed by atoms with Crippen molar-refractivity contribution in [2.24, 2.45) is 0 Å². The first-order valence-electron chi connectivity index (χ1n) is 5.93. The smallest absolute Gasteiger partial charge is 0.120 e. The molecule has 17 heavy (non-hydrogen) atoms. The standard InChI is InChI=1S/C13H22N2OS/c1-10(2)15-7-4-8-17-13-9-11(16-3)5-6-12(13)14/h5-6,9-10,15H,4,7-8,14H2,1-3H3. The predicted octanol–water partition coefficient (Wildman–Crippen LogP) is 2.76. The quantitative estimate of drug-likeness (QED) is 0.446. The number of methoxy groups -OCH3 is 1. The van der Waals surface area contributed by atoms with Crippen LogP contribution in [0.2, 0.25) is 0 Å². The Labute approximate surface area is 108 Å². The summed E-state index contributed by atoms with van der Waals surface area (Å²) in [5.41, 5.74) is 6.74. The Morgan fingerprint density at radius 3 is 2.82 bits per heavy atom. The lowest BCUT2D eigenvalue weighted by molar-refractivity contribution is 0.414. The van der Waals surface area contributed by atoms with E-state index in [0.29, 0.717) is 6.04 Å². The van der Waals surface area contributed by atoms with E-state index in [0.717, 1.165) is 35.1 Å². The lowest BCUT2D eigenvalue weighted by Crippen LogP contribution is -2.23. The molecule has 1 aromatic carbocycles. The minimum absolute atomic E-state index is 0.557. The van der Waals surface area contributed by atoms with Crippen molar-refractivity contribution >= 4 is 17.4 Å². The van der Waals surface area contributed by atoms with Gasteiger partial charge in [0.05, 0.1) is 7.11 Å². The van der Waals surface area contributed by atoms with Crippen LogP contribution in [-0.2, 0) is 0 Å². The van der Waals surface area contributed by atoms with Crippen LogP contribution < -0.4 is 15.8 Å². The van der Waals surface area contributed by atoms with E-state index in [1.165, 1.54) is 0 Å². The monoisotopic (exact) mass is 254 g/mol. The third-order valence-electron chi connectivity index (χ3n) is 2.35. The molecule has 0 heterocycles. The summed E-state index contributed by atoms with van der Waals surface area (Å²) in [6, 6.07) is 6.34. The predicted molar refractivity (Wildman–Crippen MR) is 75.9 cm³/mol. The summed E-state index contributed by atoms with van der Waals surface area (Å²) in [5.74, 6) is 1.93. The van der Waals surface area contributed by atoms with Gasteiger partial charge in [-0.25, -0.2) is 0 Å². The number of hydrogen-bond donors (Lipinski definition) is 2. The van der Waals surface area contributed by atoms with Gasteiger partial charge in [0.2, 0.25) is 0 Å². The fourth-order valence-corrected chi connectivity index (χ4v) is 2.35. The van der Waals surface area contributed by atoms with Crippen LogP contribution in [0.1, 0.15) is 20.3 Å². The molecule has 0 aliphatic carbocycles. The zero-order chi connectivity index (χ0) is 12.7. The number of rotatable bonds is 7. The van der Waals surface area contributed by atoms with Crippen LogP contribution in [0.5, 0.6) is 5.75 Å². The Morgan fingerprint density at radius 2 is 2.18 bits per heavy atom. The molecule has 0 unspecified atom stereocenters. The number of nitrogens with two attached hydrogens (primary N) is 1. The molecule has 0 saturated heterocycles. The van der Waals surface area contributed by atoms with Gasteiger partial charge >= 0.3 is 0 Å². The molecular weight excluding hydrogens is 232 g/mol. The Bertz CT molecular complexity index is 342. The molecule has 96 valence electrons. The first-order valence-corrected chi connectivity index (χ1v) is 6.91. The number of ether oxygens (including phenoxy) is 1. The maximum atomic E-state index is 5.92. The van der Waals surface area contributed by atoms with Crippen LogP contribution >= 0.6 is 11.8 Å². The molecule has 3 N–H and O–H groups in total. The first-order chi connectivity index (χ1) is 8.13. The van der Waals surface area contributed by atoms with Gasteiger partial charge in [-0.15, -0.1) is 11.8 Å². The van der Waals surface area contributed by atoms with E-state index >= 15 is 0 Å². The largest absolute Gasteiger partial charge is 0.497 e. The van der Waals surface area contributed by atoms with Crippen LogP contribution in [0.3, 0.4) is 0 Å². The zero-order valence-electron chi connectivity index (χ0n) is 10.8. The molecule has 0 saturated carbocycles. The van der Waals surface area contributed by atoms with Crippen molar-refractivity contribution < 1.29 is 4.74 Å². The fourth-order valence-electron chi connectivity index (χ4n) is 1.41. The van der Waals surface area contributed by atoms with E-state index in [4.69, 9.17) is 10.5 Å². The molecule has 1 rings (SSSR count). The highest BCUT2D eigenvalue weighted by Gasteiger charge is 2.02. The molecule has 0 aromatic heterocycles. The minimum atomic E-state index is 0.557. The highest BCUT2D eigenvalue weighted by Crippen LogP contribution is 2.29. The van der Waals surface area contributed by atoms with Gasteiger partial charge in [0.25, 0.3) is 0 Å². The van der Waals surface area contributed by atoms with Crippen molar-refractivity contribution in [3.63, 3.8) is 0 Å². The van der Waals surface area contributed by atoms with Crippen molar-refractivity contribution in [3.05, 3.63) is 18.2 Å². The van der Waals surface area contributed by atoms with Crippen LogP contribution in [0.15, 0.2) is 23.1 Å². The Hall–Kier alpha value is -0.870. The van der Waals surface area contributed by atoms with Crippen molar-refractivity contribution in [1.29, 1.82) is 0 Å². The summed E-state index contributed by atoms with van der Waals surface area (Å²) in [7, 11) is 1.67. The molecule has 1 aromatic rings. The number of anilines is 1. The fraction of sp³-hybridized carbons (Fsp3) is 0.538. The second kappa shape index (κ2) is 7.45. The summed E-state index contributed by atoms with van der Waals surface area (Å²) in [5, 5.41) is 3.40. The van der Waals surface area contributed by atoms with Crippen LogP contribution in [-0.4, -0.2) is 25.4 Å². The first kappa shape index (κ1) is 14.2. The third kappa shape index (κ3) is 5.33. The molecule has 0 aliphatic rings. The van der Waals surface area contributed by atoms with Crippen molar-refractivity contribution in [1.82, 2.24) is 5.32 Å². The van der Waals surface area contributed by atoms with E-state index in [1.54, 1.807) is 18.9 Å². The number of nitrogen functional groups attached to an aromatic ring is 1. The van der Waals surface area contributed by atoms with Gasteiger partial charge in [-0.2, -0.15) is 0 Å². The molecule has 0 fully saturated rings. The average Bonchev–Trinajstić information content (AvgIpc) is 2.30. The molecule has 0 bridgehead atoms. The normalized spacial score (nSPS) is 10.8. The minimum Gasteiger partial charge on any atom is -0.497 e. The van der Waals surface area contributed by atoms with Crippen molar-refractivity contribution in [2.75, 3.05) is 25.1 Å². The topological polar surface area (TPSA) is 47.3 Å². The summed E-state index contributed by atoms with van der Waals surface area (Å²) in [4.78, 5) is 1.11. The maximum absolute atomic E-state index is 5.92. The third-order valence-corrected chi connectivity index (χ3v) is 3.51. The molecule has 0 amide bonds. The molecule has 4 heteroatoms. The second-order valence-corrected chi connectivity index (χ2v) is 5.35. The Kier molecular flexibility index (Phi) is 6.22. The Morgan fingerprint density at radius 1 is 1.41 bits per heavy atom. The SMILES string of the molecule is COc1ccc(N)c(SCCCNC(C)C)c1. The van der Waals surface area contributed by atoms with Crippen LogP contribution in [0, 0.1) is 0 Å². The number of hydrogen-bond acceptors (Lipinski definition) is 4. The van der Waals surface area contributed by atoms with Crippen molar-refractivity contribution in [3.8, 4) is 5.75 Å². The van der Waals surface area contributed by atoms with Gasteiger partial charge in [0.1, 0.15) is 5.75 Å². The van der Waals surface area contributed by atoms with Gasteiger partial charge in [0, 0.05) is 16.6 Å². The molecular formula is C13H22N2OS.